The quantitative estimate of drug-likeness (QED) is 0.120. The fourth-order valence-corrected chi connectivity index (χ4v) is 6.63. The van der Waals surface area contributed by atoms with Gasteiger partial charge in [-0.15, -0.1) is 11.3 Å². The van der Waals surface area contributed by atoms with Gasteiger partial charge in [0.1, 0.15) is 9.96 Å². The number of thiophene rings is 1. The minimum atomic E-state index is -3.73. The molecule has 0 atom stereocenters. The number of nitro benzene ring substituents is 1. The van der Waals surface area contributed by atoms with Gasteiger partial charge in [-0.2, -0.15) is 0 Å². The van der Waals surface area contributed by atoms with Crippen molar-refractivity contribution in [1.82, 2.24) is 10.0 Å². The van der Waals surface area contributed by atoms with Crippen LogP contribution < -0.4 is 20.1 Å². The molecular formula is C25H28N4O6S3. The molecule has 1 saturated carbocycles. The molecule has 1 aromatic heterocycles. The van der Waals surface area contributed by atoms with Gasteiger partial charge in [-0.25, -0.2) is 13.1 Å². The van der Waals surface area contributed by atoms with Crippen LogP contribution in [-0.4, -0.2) is 48.9 Å². The van der Waals surface area contributed by atoms with Crippen LogP contribution in [-0.2, 0) is 10.0 Å². The first kappa shape index (κ1) is 27.9. The normalized spacial score (nSPS) is 17.5. The monoisotopic (exact) mass is 576 g/mol. The molecule has 1 aliphatic carbocycles. The van der Waals surface area contributed by atoms with E-state index in [0.717, 1.165) is 34.6 Å². The summed E-state index contributed by atoms with van der Waals surface area (Å²) in [4.78, 5) is 11.0. The maximum Gasteiger partial charge on any atom is 0.269 e. The lowest BCUT2D eigenvalue weighted by molar-refractivity contribution is -0.384. The summed E-state index contributed by atoms with van der Waals surface area (Å²) < 4.78 is 34.7. The largest absolute Gasteiger partial charge is 0.490 e. The molecule has 0 radical (unpaired) electrons. The van der Waals surface area contributed by atoms with Gasteiger partial charge in [-0.05, 0) is 74.3 Å². The summed E-state index contributed by atoms with van der Waals surface area (Å²) in [6.07, 6.45) is 2.76. The number of anilines is 1. The molecule has 13 heteroatoms. The summed E-state index contributed by atoms with van der Waals surface area (Å²) in [5.74, 6) is 0.700. The highest BCUT2D eigenvalue weighted by Crippen LogP contribution is 2.37. The summed E-state index contributed by atoms with van der Waals surface area (Å²) in [6.45, 7) is 0.341. The van der Waals surface area contributed by atoms with E-state index in [2.05, 4.69) is 15.4 Å². The molecule has 3 aromatic rings. The fourth-order valence-electron chi connectivity index (χ4n) is 4.00. The van der Waals surface area contributed by atoms with E-state index in [-0.39, 0.29) is 40.3 Å². The second kappa shape index (κ2) is 12.6. The zero-order valence-corrected chi connectivity index (χ0v) is 22.8. The highest BCUT2D eigenvalue weighted by molar-refractivity contribution is 7.91. The first-order chi connectivity index (χ1) is 18.2. The number of rotatable bonds is 10. The maximum absolute atomic E-state index is 12.8. The first-order valence-corrected chi connectivity index (χ1v) is 14.7. The van der Waals surface area contributed by atoms with Crippen molar-refractivity contribution in [2.45, 2.75) is 42.1 Å². The van der Waals surface area contributed by atoms with Crippen molar-refractivity contribution < 1.29 is 23.2 Å². The van der Waals surface area contributed by atoms with E-state index in [1.54, 1.807) is 12.1 Å². The van der Waals surface area contributed by atoms with E-state index in [0.29, 0.717) is 24.3 Å². The molecule has 4 rings (SSSR count). The van der Waals surface area contributed by atoms with Crippen LogP contribution in [0.4, 0.5) is 11.4 Å². The number of aliphatic hydroxyl groups is 1. The third-order valence-corrected chi connectivity index (χ3v) is 9.29. The molecule has 10 nitrogen and oxygen atoms in total. The number of nitro groups is 1. The molecular weight excluding hydrogens is 548 g/mol. The Kier molecular flexibility index (Phi) is 9.28. The van der Waals surface area contributed by atoms with Crippen LogP contribution in [0.25, 0.3) is 10.4 Å². The molecule has 0 spiro atoms. The van der Waals surface area contributed by atoms with Crippen LogP contribution in [0, 0.1) is 10.1 Å². The minimum absolute atomic E-state index is 0.0258. The Morgan fingerprint density at radius 2 is 1.76 bits per heavy atom. The Labute approximate surface area is 230 Å². The van der Waals surface area contributed by atoms with Crippen molar-refractivity contribution in [3.05, 3.63) is 70.8 Å². The molecule has 0 amide bonds. The number of hydrogen-bond acceptors (Lipinski definition) is 8. The zero-order chi connectivity index (χ0) is 27.1. The van der Waals surface area contributed by atoms with Crippen LogP contribution in [0.1, 0.15) is 25.7 Å². The molecule has 38 heavy (non-hydrogen) atoms. The van der Waals surface area contributed by atoms with E-state index in [9.17, 15) is 23.6 Å². The highest BCUT2D eigenvalue weighted by atomic mass is 32.2. The predicted molar refractivity (Wildman–Crippen MR) is 151 cm³/mol. The van der Waals surface area contributed by atoms with Gasteiger partial charge in [-0.1, -0.05) is 12.1 Å². The van der Waals surface area contributed by atoms with Gasteiger partial charge in [0.2, 0.25) is 10.0 Å². The number of hydrogen-bond donors (Lipinski definition) is 4. The standard InChI is InChI=1S/C25H28N4O6S3/c30-19-9-11-20(12-10-19)35-22-4-2-1-3-21(22)23-13-14-24(37-23)38(33,34)27-16-15-26-25(36)28-17-5-7-18(8-6-17)29(31)32/h1-8,13-14,19-20,27,30H,9-12,15-16H2,(H2,26,28,36)/t19-,20-. The van der Waals surface area contributed by atoms with Crippen molar-refractivity contribution in [2.24, 2.45) is 0 Å². The van der Waals surface area contributed by atoms with Crippen molar-refractivity contribution in [1.29, 1.82) is 0 Å². The van der Waals surface area contributed by atoms with E-state index in [1.165, 1.54) is 24.3 Å². The predicted octanol–water partition coefficient (Wildman–Crippen LogP) is 4.27. The van der Waals surface area contributed by atoms with Crippen LogP contribution >= 0.6 is 23.6 Å². The third-order valence-electron chi connectivity index (χ3n) is 5.97. The Hall–Kier alpha value is -3.10. The second-order valence-electron chi connectivity index (χ2n) is 8.75. The number of benzene rings is 2. The molecule has 2 aromatic carbocycles. The van der Waals surface area contributed by atoms with Gasteiger partial charge >= 0.3 is 0 Å². The van der Waals surface area contributed by atoms with E-state index in [4.69, 9.17) is 17.0 Å². The lowest BCUT2D eigenvalue weighted by Gasteiger charge is -2.27. The van der Waals surface area contributed by atoms with E-state index in [1.807, 2.05) is 24.3 Å². The van der Waals surface area contributed by atoms with Gasteiger partial charge < -0.3 is 20.5 Å². The van der Waals surface area contributed by atoms with Crippen molar-refractivity contribution in [3.8, 4) is 16.2 Å². The molecule has 0 unspecified atom stereocenters. The number of nitrogens with zero attached hydrogens (tertiary/aromatic N) is 1. The number of sulfonamides is 1. The van der Waals surface area contributed by atoms with Gasteiger partial charge in [-0.3, -0.25) is 10.1 Å². The van der Waals surface area contributed by atoms with E-state index < -0.39 is 14.9 Å². The minimum Gasteiger partial charge on any atom is -0.490 e. The van der Waals surface area contributed by atoms with Crippen LogP contribution in [0.2, 0.25) is 0 Å². The SMILES string of the molecule is O=[N+]([O-])c1ccc(NC(=S)NCCNS(=O)(=O)c2ccc(-c3ccccc3O[C@H]3CC[C@H](O)CC3)s2)cc1. The van der Waals surface area contributed by atoms with Gasteiger partial charge in [0.05, 0.1) is 17.1 Å². The number of thiocarbonyl (C=S) groups is 1. The van der Waals surface area contributed by atoms with E-state index >= 15 is 0 Å². The Morgan fingerprint density at radius 3 is 2.47 bits per heavy atom. The van der Waals surface area contributed by atoms with Crippen molar-refractivity contribution in [3.63, 3.8) is 0 Å². The average Bonchev–Trinajstić information content (AvgIpc) is 3.40. The topological polar surface area (TPSA) is 143 Å². The Bertz CT molecular complexity index is 1370. The highest BCUT2D eigenvalue weighted by Gasteiger charge is 2.23. The van der Waals surface area contributed by atoms with Crippen LogP contribution in [0.5, 0.6) is 5.75 Å². The fraction of sp³-hybridized carbons (Fsp3) is 0.320. The Morgan fingerprint density at radius 1 is 1.05 bits per heavy atom. The molecule has 202 valence electrons. The summed E-state index contributed by atoms with van der Waals surface area (Å²) >= 11 is 6.36. The maximum atomic E-state index is 12.8. The smallest absolute Gasteiger partial charge is 0.269 e. The molecule has 1 aliphatic rings. The van der Waals surface area contributed by atoms with Crippen molar-refractivity contribution >= 4 is 50.1 Å². The Balaban J connectivity index is 1.29. The lowest BCUT2D eigenvalue weighted by Crippen LogP contribution is -2.36. The zero-order valence-electron chi connectivity index (χ0n) is 20.3. The molecule has 4 N–H and O–H groups in total. The molecule has 0 bridgehead atoms. The van der Waals surface area contributed by atoms with Gasteiger partial charge in [0.15, 0.2) is 5.11 Å². The van der Waals surface area contributed by atoms with Crippen LogP contribution in [0.15, 0.2) is 64.9 Å². The number of non-ortho nitro benzene ring substituents is 1. The summed E-state index contributed by atoms with van der Waals surface area (Å²) in [6, 6.07) is 16.7. The number of aliphatic hydroxyl groups excluding tert-OH is 1. The number of para-hydroxylation sites is 1. The number of nitrogens with one attached hydrogen (secondary N) is 3. The van der Waals surface area contributed by atoms with Gasteiger partial charge in [0, 0.05) is 41.4 Å². The summed E-state index contributed by atoms with van der Waals surface area (Å²) in [5.41, 5.74) is 1.38. The second-order valence-corrected chi connectivity index (χ2v) is 12.2. The summed E-state index contributed by atoms with van der Waals surface area (Å²) in [5, 5.41) is 26.5. The first-order valence-electron chi connectivity index (χ1n) is 12.0. The molecule has 0 saturated heterocycles. The summed E-state index contributed by atoms with van der Waals surface area (Å²) in [7, 11) is -3.73. The average molecular weight is 577 g/mol. The molecule has 1 fully saturated rings. The van der Waals surface area contributed by atoms with Crippen LogP contribution in [0.3, 0.4) is 0 Å². The van der Waals surface area contributed by atoms with Crippen molar-refractivity contribution in [2.75, 3.05) is 18.4 Å². The lowest BCUT2D eigenvalue weighted by atomic mass is 9.95. The third kappa shape index (κ3) is 7.48. The molecule has 0 aliphatic heterocycles. The number of ether oxygens (including phenoxy) is 1. The molecule has 1 heterocycles. The van der Waals surface area contributed by atoms with Gasteiger partial charge in [0.25, 0.3) is 5.69 Å².